The lowest BCUT2D eigenvalue weighted by Gasteiger charge is -2.55. The Morgan fingerprint density at radius 3 is 1.74 bits per heavy atom. The highest BCUT2D eigenvalue weighted by atomic mass is 32.2. The highest BCUT2D eigenvalue weighted by Gasteiger charge is 2.67. The molecule has 5 rings (SSSR count). The first-order chi connectivity index (χ1) is 16.9. The number of hydrogen-bond donors (Lipinski definition) is 0. The minimum absolute atomic E-state index is 0.0877. The number of β-lactam (4-membered cyclic amide) rings is 1. The Labute approximate surface area is 205 Å². The van der Waals surface area contributed by atoms with Gasteiger partial charge in [0.1, 0.15) is 11.2 Å². The average molecular weight is 484 g/mol. The number of amides is 1. The molecule has 1 saturated heterocycles. The molecule has 35 heavy (non-hydrogen) atoms. The second-order valence-corrected chi connectivity index (χ2v) is 10.4. The van der Waals surface area contributed by atoms with E-state index in [1.54, 1.807) is 43.5 Å². The fourth-order valence-corrected chi connectivity index (χ4v) is 6.52. The molecular formula is C29H25NO4S. The smallest absolute Gasteiger partial charge is 0.267 e. The number of aryl methyl sites for hydroxylation is 1. The van der Waals surface area contributed by atoms with E-state index in [4.69, 9.17) is 4.74 Å². The number of ether oxygens (including phenoxy) is 1. The maximum Gasteiger partial charge on any atom is 0.267 e. The van der Waals surface area contributed by atoms with Crippen molar-refractivity contribution in [2.24, 2.45) is 0 Å². The first-order valence-electron chi connectivity index (χ1n) is 11.3. The maximum absolute atomic E-state index is 14.2. The zero-order valence-electron chi connectivity index (χ0n) is 19.5. The van der Waals surface area contributed by atoms with Gasteiger partial charge in [-0.1, -0.05) is 90.5 Å². The molecule has 5 nitrogen and oxygen atoms in total. The number of carbonyl (C=O) groups excluding carboxylic acids is 1. The number of carbonyl (C=O) groups is 1. The zero-order valence-corrected chi connectivity index (χ0v) is 20.3. The van der Waals surface area contributed by atoms with E-state index in [1.165, 1.54) is 0 Å². The highest BCUT2D eigenvalue weighted by Crippen LogP contribution is 2.57. The Balaban J connectivity index is 1.77. The van der Waals surface area contributed by atoms with Gasteiger partial charge in [-0.2, -0.15) is 0 Å². The van der Waals surface area contributed by atoms with Crippen LogP contribution in [0.1, 0.15) is 28.3 Å². The van der Waals surface area contributed by atoms with Crippen LogP contribution in [0.5, 0.6) is 5.75 Å². The molecule has 6 heteroatoms. The molecule has 1 amide bonds. The molecule has 1 heterocycles. The minimum atomic E-state index is -4.12. The zero-order chi connectivity index (χ0) is 24.6. The van der Waals surface area contributed by atoms with Crippen molar-refractivity contribution in [2.75, 3.05) is 7.11 Å². The molecule has 0 spiro atoms. The van der Waals surface area contributed by atoms with E-state index >= 15 is 0 Å². The summed E-state index contributed by atoms with van der Waals surface area (Å²) in [6, 6.07) is 31.8. The third kappa shape index (κ3) is 3.53. The van der Waals surface area contributed by atoms with E-state index in [9.17, 15) is 13.2 Å². The quantitative estimate of drug-likeness (QED) is 0.351. The monoisotopic (exact) mass is 483 g/mol. The summed E-state index contributed by atoms with van der Waals surface area (Å²) in [4.78, 5) is 14.3. The van der Waals surface area contributed by atoms with Gasteiger partial charge in [0.2, 0.25) is 0 Å². The van der Waals surface area contributed by atoms with Gasteiger partial charge in [-0.15, -0.1) is 0 Å². The second-order valence-electron chi connectivity index (χ2n) is 8.63. The largest absolute Gasteiger partial charge is 0.497 e. The molecule has 0 N–H and O–H groups in total. The van der Waals surface area contributed by atoms with Gasteiger partial charge in [-0.3, -0.25) is 4.79 Å². The fourth-order valence-electron chi connectivity index (χ4n) is 4.89. The van der Waals surface area contributed by atoms with E-state index in [0.29, 0.717) is 11.3 Å². The van der Waals surface area contributed by atoms with Crippen molar-refractivity contribution < 1.29 is 17.9 Å². The lowest BCUT2D eigenvalue weighted by Crippen LogP contribution is -2.68. The van der Waals surface area contributed by atoms with Crippen LogP contribution >= 0.6 is 0 Å². The van der Waals surface area contributed by atoms with Crippen molar-refractivity contribution in [1.82, 2.24) is 4.31 Å². The number of nitrogens with zero attached hydrogens (tertiary/aromatic N) is 1. The topological polar surface area (TPSA) is 63.7 Å². The first kappa shape index (κ1) is 22.9. The molecule has 0 aromatic heterocycles. The number of methoxy groups -OCH3 is 1. The summed E-state index contributed by atoms with van der Waals surface area (Å²) < 4.78 is 34.1. The summed E-state index contributed by atoms with van der Waals surface area (Å²) in [5, 5.41) is 0. The van der Waals surface area contributed by atoms with Crippen molar-refractivity contribution in [3.63, 3.8) is 0 Å². The van der Waals surface area contributed by atoms with E-state index in [0.717, 1.165) is 21.0 Å². The van der Waals surface area contributed by atoms with E-state index < -0.39 is 27.4 Å². The predicted octanol–water partition coefficient (Wildman–Crippen LogP) is 5.26. The minimum Gasteiger partial charge on any atom is -0.497 e. The van der Waals surface area contributed by atoms with E-state index in [2.05, 4.69) is 0 Å². The summed E-state index contributed by atoms with van der Waals surface area (Å²) in [6.07, 6.45) is 0. The third-order valence-electron chi connectivity index (χ3n) is 6.65. The predicted molar refractivity (Wildman–Crippen MR) is 135 cm³/mol. The van der Waals surface area contributed by atoms with Crippen molar-refractivity contribution in [3.05, 3.63) is 131 Å². The number of benzene rings is 4. The molecule has 4 aromatic carbocycles. The summed E-state index contributed by atoms with van der Waals surface area (Å²) in [5.41, 5.74) is 1.93. The van der Waals surface area contributed by atoms with Crippen LogP contribution in [0.3, 0.4) is 0 Å². The molecule has 4 aromatic rings. The number of hydrogen-bond acceptors (Lipinski definition) is 4. The Kier molecular flexibility index (Phi) is 5.69. The van der Waals surface area contributed by atoms with Crippen LogP contribution in [-0.4, -0.2) is 25.7 Å². The number of sulfonamides is 1. The van der Waals surface area contributed by atoms with Crippen LogP contribution in [0.25, 0.3) is 0 Å². The Morgan fingerprint density at radius 2 is 1.26 bits per heavy atom. The maximum atomic E-state index is 14.2. The van der Waals surface area contributed by atoms with E-state index in [-0.39, 0.29) is 4.90 Å². The fraction of sp³-hybridized carbons (Fsp3) is 0.138. The van der Waals surface area contributed by atoms with Crippen LogP contribution in [0.15, 0.2) is 114 Å². The standard InChI is InChI=1S/C29H25NO4S/c1-21-13-19-26(20-14-21)35(32,33)30-27(22-15-17-25(34-2)18-16-22)29(28(30)31,23-9-5-3-6-10-23)24-11-7-4-8-12-24/h3-20,27H,1-2H3/t27-/m1/s1. The Hall–Kier alpha value is -3.90. The molecular weight excluding hydrogens is 458 g/mol. The molecule has 0 saturated carbocycles. The molecule has 0 bridgehead atoms. The molecule has 0 aliphatic carbocycles. The van der Waals surface area contributed by atoms with Gasteiger partial charge in [0.25, 0.3) is 15.9 Å². The Morgan fingerprint density at radius 1 is 0.743 bits per heavy atom. The number of rotatable bonds is 6. The van der Waals surface area contributed by atoms with Gasteiger partial charge < -0.3 is 4.74 Å². The van der Waals surface area contributed by atoms with Crippen LogP contribution in [0.2, 0.25) is 0 Å². The molecule has 0 radical (unpaired) electrons. The molecule has 1 aliphatic rings. The summed E-state index contributed by atoms with van der Waals surface area (Å²) in [7, 11) is -2.54. The normalized spacial score (nSPS) is 17.0. The average Bonchev–Trinajstić information content (AvgIpc) is 2.89. The van der Waals surface area contributed by atoms with Gasteiger partial charge in [-0.25, -0.2) is 12.7 Å². The molecule has 1 fully saturated rings. The third-order valence-corrected chi connectivity index (χ3v) is 8.41. The molecule has 0 unspecified atom stereocenters. The van der Waals surface area contributed by atoms with Crippen molar-refractivity contribution in [1.29, 1.82) is 0 Å². The molecule has 1 aliphatic heterocycles. The van der Waals surface area contributed by atoms with Crippen molar-refractivity contribution in [2.45, 2.75) is 23.3 Å². The van der Waals surface area contributed by atoms with E-state index in [1.807, 2.05) is 79.7 Å². The lowest BCUT2D eigenvalue weighted by molar-refractivity contribution is -0.147. The van der Waals surface area contributed by atoms with Gasteiger partial charge in [-0.05, 0) is 47.9 Å². The Bertz CT molecular complexity index is 1410. The van der Waals surface area contributed by atoms with Crippen LogP contribution < -0.4 is 4.74 Å². The van der Waals surface area contributed by atoms with Gasteiger partial charge >= 0.3 is 0 Å². The van der Waals surface area contributed by atoms with Gasteiger partial charge in [0.15, 0.2) is 0 Å². The van der Waals surface area contributed by atoms with Crippen LogP contribution in [0, 0.1) is 6.92 Å². The lowest BCUT2D eigenvalue weighted by atomic mass is 9.61. The van der Waals surface area contributed by atoms with Crippen LogP contribution in [-0.2, 0) is 20.2 Å². The molecule has 1 atom stereocenters. The SMILES string of the molecule is COc1ccc([C@H]2N(S(=O)(=O)c3ccc(C)cc3)C(=O)C2(c2ccccc2)c2ccccc2)cc1. The van der Waals surface area contributed by atoms with Gasteiger partial charge in [0.05, 0.1) is 18.0 Å². The molecule has 176 valence electrons. The van der Waals surface area contributed by atoms with Crippen molar-refractivity contribution in [3.8, 4) is 5.75 Å². The van der Waals surface area contributed by atoms with Crippen molar-refractivity contribution >= 4 is 15.9 Å². The second kappa shape index (κ2) is 8.71. The first-order valence-corrected chi connectivity index (χ1v) is 12.7. The van der Waals surface area contributed by atoms with Crippen LogP contribution in [0.4, 0.5) is 0 Å². The summed E-state index contributed by atoms with van der Waals surface area (Å²) >= 11 is 0. The summed E-state index contributed by atoms with van der Waals surface area (Å²) in [6.45, 7) is 1.89. The van der Waals surface area contributed by atoms with Gasteiger partial charge in [0, 0.05) is 0 Å². The highest BCUT2D eigenvalue weighted by molar-refractivity contribution is 7.89. The summed E-state index contributed by atoms with van der Waals surface area (Å²) in [5.74, 6) is 0.175.